The lowest BCUT2D eigenvalue weighted by molar-refractivity contribution is -0.123. The molecule has 3 aromatic rings. The summed E-state index contributed by atoms with van der Waals surface area (Å²) in [7, 11) is 0. The molecule has 0 spiro atoms. The highest BCUT2D eigenvalue weighted by Crippen LogP contribution is 2.15. The van der Waals surface area contributed by atoms with Gasteiger partial charge in [0.15, 0.2) is 12.3 Å². The van der Waals surface area contributed by atoms with Crippen LogP contribution in [0.25, 0.3) is 5.65 Å². The maximum atomic E-state index is 11.8. The molecule has 0 unspecified atom stereocenters. The Morgan fingerprint density at radius 1 is 1.13 bits per heavy atom. The highest BCUT2D eigenvalue weighted by molar-refractivity contribution is 7.99. The summed E-state index contributed by atoms with van der Waals surface area (Å²) in [5.41, 5.74) is 0.683. The number of nitrogens with one attached hydrogen (secondary N) is 1. The highest BCUT2D eigenvalue weighted by Gasteiger charge is 2.08. The van der Waals surface area contributed by atoms with E-state index in [-0.39, 0.29) is 12.5 Å². The molecule has 3 rings (SSSR count). The van der Waals surface area contributed by atoms with Crippen molar-refractivity contribution in [1.29, 1.82) is 0 Å². The van der Waals surface area contributed by atoms with E-state index in [0.717, 1.165) is 5.75 Å². The Morgan fingerprint density at radius 2 is 1.96 bits per heavy atom. The van der Waals surface area contributed by atoms with Crippen LogP contribution in [0.3, 0.4) is 0 Å². The Balaban J connectivity index is 1.40. The van der Waals surface area contributed by atoms with Gasteiger partial charge in [0, 0.05) is 23.4 Å². The van der Waals surface area contributed by atoms with E-state index < -0.39 is 0 Å². The van der Waals surface area contributed by atoms with Gasteiger partial charge in [0.1, 0.15) is 0 Å². The van der Waals surface area contributed by atoms with Gasteiger partial charge in [-0.15, -0.1) is 16.9 Å². The van der Waals surface area contributed by atoms with Crippen LogP contribution in [0.4, 0.5) is 0 Å². The molecule has 0 aliphatic carbocycles. The molecule has 0 bridgehead atoms. The lowest BCUT2D eigenvalue weighted by Gasteiger charge is -2.06. The van der Waals surface area contributed by atoms with Crippen molar-refractivity contribution >= 4 is 23.3 Å². The third kappa shape index (κ3) is 4.23. The van der Waals surface area contributed by atoms with Gasteiger partial charge in [0.2, 0.25) is 0 Å². The minimum atomic E-state index is -0.175. The first kappa shape index (κ1) is 15.4. The van der Waals surface area contributed by atoms with E-state index in [1.165, 1.54) is 4.90 Å². The van der Waals surface area contributed by atoms with Gasteiger partial charge in [0.25, 0.3) is 5.91 Å². The van der Waals surface area contributed by atoms with Crippen LogP contribution in [0.2, 0.25) is 0 Å². The van der Waals surface area contributed by atoms with Crippen molar-refractivity contribution in [2.24, 2.45) is 0 Å². The molecule has 0 saturated carbocycles. The molecule has 0 aliphatic heterocycles. The normalized spacial score (nSPS) is 10.6. The molecular formula is C16H16N4O2S. The molecule has 6 nitrogen and oxygen atoms in total. The fourth-order valence-corrected chi connectivity index (χ4v) is 2.76. The molecule has 23 heavy (non-hydrogen) atoms. The summed E-state index contributed by atoms with van der Waals surface area (Å²) in [6.07, 6.45) is 1.79. The number of benzene rings is 1. The van der Waals surface area contributed by atoms with Crippen molar-refractivity contribution in [2.45, 2.75) is 4.90 Å². The van der Waals surface area contributed by atoms with E-state index in [0.29, 0.717) is 18.2 Å². The van der Waals surface area contributed by atoms with E-state index in [1.54, 1.807) is 22.4 Å². The molecule has 7 heteroatoms. The Labute approximate surface area is 137 Å². The van der Waals surface area contributed by atoms with Gasteiger partial charge < -0.3 is 10.1 Å². The lowest BCUT2D eigenvalue weighted by Crippen LogP contribution is -2.30. The summed E-state index contributed by atoms with van der Waals surface area (Å²) in [4.78, 5) is 13.0. The highest BCUT2D eigenvalue weighted by atomic mass is 32.2. The van der Waals surface area contributed by atoms with Crippen LogP contribution in [0, 0.1) is 0 Å². The summed E-state index contributed by atoms with van der Waals surface area (Å²) in [6, 6.07) is 15.9. The number of rotatable bonds is 7. The number of carbonyl (C=O) groups is 1. The van der Waals surface area contributed by atoms with Crippen molar-refractivity contribution in [3.05, 3.63) is 54.7 Å². The third-order valence-electron chi connectivity index (χ3n) is 3.05. The van der Waals surface area contributed by atoms with Crippen LogP contribution < -0.4 is 10.1 Å². The number of pyridine rings is 1. The Kier molecular flexibility index (Phi) is 5.10. The molecule has 1 aromatic carbocycles. The first-order valence-electron chi connectivity index (χ1n) is 7.20. The number of nitrogens with zero attached hydrogens (tertiary/aromatic N) is 3. The Hall–Kier alpha value is -2.54. The predicted octanol–water partition coefficient (Wildman–Crippen LogP) is 2.02. The summed E-state index contributed by atoms with van der Waals surface area (Å²) in [5, 5.41) is 10.7. The largest absolute Gasteiger partial charge is 0.453 e. The molecule has 118 valence electrons. The lowest BCUT2D eigenvalue weighted by atomic mass is 10.4. The SMILES string of the molecule is O=C(COc1nnc2ccccn12)NCCSc1ccccc1. The van der Waals surface area contributed by atoms with Crippen LogP contribution in [0.15, 0.2) is 59.6 Å². The third-order valence-corrected chi connectivity index (χ3v) is 4.06. The summed E-state index contributed by atoms with van der Waals surface area (Å²) < 4.78 is 7.10. The Morgan fingerprint density at radius 3 is 2.83 bits per heavy atom. The van der Waals surface area contributed by atoms with E-state index in [9.17, 15) is 4.79 Å². The van der Waals surface area contributed by atoms with E-state index in [1.807, 2.05) is 48.5 Å². The number of ether oxygens (including phenoxy) is 1. The smallest absolute Gasteiger partial charge is 0.322 e. The minimum Gasteiger partial charge on any atom is -0.453 e. The summed E-state index contributed by atoms with van der Waals surface area (Å²) >= 11 is 1.70. The first-order valence-corrected chi connectivity index (χ1v) is 8.18. The standard InChI is InChI=1S/C16H16N4O2S/c21-15(17-9-11-23-13-6-2-1-3-7-13)12-22-16-19-18-14-8-4-5-10-20(14)16/h1-8,10H,9,11-12H2,(H,17,21). The van der Waals surface area contributed by atoms with Gasteiger partial charge in [-0.05, 0) is 24.3 Å². The number of amides is 1. The van der Waals surface area contributed by atoms with Crippen LogP contribution in [0.5, 0.6) is 6.01 Å². The van der Waals surface area contributed by atoms with Gasteiger partial charge in [-0.25, -0.2) is 0 Å². The van der Waals surface area contributed by atoms with Gasteiger partial charge >= 0.3 is 6.01 Å². The predicted molar refractivity (Wildman–Crippen MR) is 88.7 cm³/mol. The molecule has 0 saturated heterocycles. The molecule has 2 aromatic heterocycles. The first-order chi connectivity index (χ1) is 11.3. The maximum Gasteiger partial charge on any atom is 0.322 e. The fourth-order valence-electron chi connectivity index (χ4n) is 1.98. The number of fused-ring (bicyclic) bond motifs is 1. The quantitative estimate of drug-likeness (QED) is 0.531. The van der Waals surface area contributed by atoms with Crippen LogP contribution in [0.1, 0.15) is 0 Å². The zero-order valence-corrected chi connectivity index (χ0v) is 13.2. The van der Waals surface area contributed by atoms with E-state index >= 15 is 0 Å². The average Bonchev–Trinajstić information content (AvgIpc) is 3.01. The van der Waals surface area contributed by atoms with E-state index in [2.05, 4.69) is 15.5 Å². The van der Waals surface area contributed by atoms with Crippen LogP contribution in [-0.2, 0) is 4.79 Å². The number of thioether (sulfide) groups is 1. The zero-order valence-electron chi connectivity index (χ0n) is 12.4. The molecule has 0 atom stereocenters. The van der Waals surface area contributed by atoms with Gasteiger partial charge in [-0.2, -0.15) is 0 Å². The second kappa shape index (κ2) is 7.64. The van der Waals surface area contributed by atoms with Gasteiger partial charge in [-0.3, -0.25) is 9.20 Å². The number of hydrogen-bond donors (Lipinski definition) is 1. The van der Waals surface area contributed by atoms with Crippen LogP contribution >= 0.6 is 11.8 Å². The molecule has 2 heterocycles. The van der Waals surface area contributed by atoms with Crippen molar-refractivity contribution in [1.82, 2.24) is 19.9 Å². The molecule has 1 amide bonds. The van der Waals surface area contributed by atoms with E-state index in [4.69, 9.17) is 4.74 Å². The summed E-state index contributed by atoms with van der Waals surface area (Å²) in [6.45, 7) is 0.508. The molecule has 0 radical (unpaired) electrons. The average molecular weight is 328 g/mol. The fraction of sp³-hybridized carbons (Fsp3) is 0.188. The second-order valence-electron chi connectivity index (χ2n) is 4.71. The van der Waals surface area contributed by atoms with Gasteiger partial charge in [-0.1, -0.05) is 29.4 Å². The number of carbonyl (C=O) groups excluding carboxylic acids is 1. The minimum absolute atomic E-state index is 0.0777. The van der Waals surface area contributed by atoms with Crippen molar-refractivity contribution in [3.8, 4) is 6.01 Å². The number of aromatic nitrogens is 3. The monoisotopic (exact) mass is 328 g/mol. The zero-order chi connectivity index (χ0) is 15.9. The molecule has 1 N–H and O–H groups in total. The molecule has 0 aliphatic rings. The maximum absolute atomic E-state index is 11.8. The topological polar surface area (TPSA) is 68.5 Å². The summed E-state index contributed by atoms with van der Waals surface area (Å²) in [5.74, 6) is 0.634. The molecule has 0 fully saturated rings. The molecular weight excluding hydrogens is 312 g/mol. The van der Waals surface area contributed by atoms with Gasteiger partial charge in [0.05, 0.1) is 0 Å². The van der Waals surface area contributed by atoms with Crippen molar-refractivity contribution < 1.29 is 9.53 Å². The Bertz CT molecular complexity index is 776. The van der Waals surface area contributed by atoms with Crippen molar-refractivity contribution in [2.75, 3.05) is 18.9 Å². The van der Waals surface area contributed by atoms with Crippen molar-refractivity contribution in [3.63, 3.8) is 0 Å². The van der Waals surface area contributed by atoms with Crippen LogP contribution in [-0.4, -0.2) is 39.4 Å². The number of hydrogen-bond acceptors (Lipinski definition) is 5. The second-order valence-corrected chi connectivity index (χ2v) is 5.88.